The summed E-state index contributed by atoms with van der Waals surface area (Å²) >= 11 is 0. The molecule has 32 heavy (non-hydrogen) atoms. The standard InChI is InChI=1S/C23H25F2N3O4/c1-14-9-10-18(26-15(2)29)19(12-14)27-21(30)16-6-5-11-28(13-16)22(31)17-7-3-4-8-20(17)32-23(24)25/h3-4,7-10,12,16,23H,5-6,11,13H2,1-2H3,(H,26,29)(H,27,30). The second kappa shape index (κ2) is 10.2. The highest BCUT2D eigenvalue weighted by molar-refractivity contribution is 6.01. The third-order valence-corrected chi connectivity index (χ3v) is 5.16. The van der Waals surface area contributed by atoms with Crippen molar-refractivity contribution in [3.8, 4) is 5.75 Å². The van der Waals surface area contributed by atoms with Crippen LogP contribution in [0.15, 0.2) is 42.5 Å². The largest absolute Gasteiger partial charge is 0.434 e. The Labute approximate surface area is 184 Å². The van der Waals surface area contributed by atoms with Crippen molar-refractivity contribution in [2.24, 2.45) is 5.92 Å². The number of anilines is 2. The first kappa shape index (κ1) is 23.2. The fourth-order valence-electron chi connectivity index (χ4n) is 3.68. The van der Waals surface area contributed by atoms with Crippen LogP contribution in [0.5, 0.6) is 5.75 Å². The van der Waals surface area contributed by atoms with Gasteiger partial charge in [0.1, 0.15) is 5.75 Å². The maximum Gasteiger partial charge on any atom is 0.387 e. The zero-order valence-electron chi connectivity index (χ0n) is 17.9. The summed E-state index contributed by atoms with van der Waals surface area (Å²) in [5, 5.41) is 5.53. The van der Waals surface area contributed by atoms with Crippen LogP contribution in [0.4, 0.5) is 20.2 Å². The SMILES string of the molecule is CC(=O)Nc1ccc(C)cc1NC(=O)C1CCCN(C(=O)c2ccccc2OC(F)F)C1. The molecule has 3 amide bonds. The Hall–Kier alpha value is -3.49. The number of aryl methyl sites for hydroxylation is 1. The van der Waals surface area contributed by atoms with Gasteiger partial charge in [0.15, 0.2) is 0 Å². The molecule has 7 nitrogen and oxygen atoms in total. The molecule has 0 bridgehead atoms. The van der Waals surface area contributed by atoms with E-state index in [9.17, 15) is 23.2 Å². The Balaban J connectivity index is 1.73. The predicted octanol–water partition coefficient (Wildman–Crippen LogP) is 4.05. The number of rotatable bonds is 6. The molecule has 170 valence electrons. The number of alkyl halides is 2. The Morgan fingerprint density at radius 3 is 2.56 bits per heavy atom. The van der Waals surface area contributed by atoms with Crippen molar-refractivity contribution in [2.75, 3.05) is 23.7 Å². The number of benzene rings is 2. The lowest BCUT2D eigenvalue weighted by molar-refractivity contribution is -0.121. The van der Waals surface area contributed by atoms with Crippen molar-refractivity contribution in [3.05, 3.63) is 53.6 Å². The molecule has 1 heterocycles. The highest BCUT2D eigenvalue weighted by Gasteiger charge is 2.30. The van der Waals surface area contributed by atoms with Crippen LogP contribution in [0, 0.1) is 12.8 Å². The van der Waals surface area contributed by atoms with Gasteiger partial charge in [-0.15, -0.1) is 0 Å². The second-order valence-electron chi connectivity index (χ2n) is 7.68. The summed E-state index contributed by atoms with van der Waals surface area (Å²) in [4.78, 5) is 38.9. The number of hydrogen-bond donors (Lipinski definition) is 2. The molecule has 0 spiro atoms. The quantitative estimate of drug-likeness (QED) is 0.702. The van der Waals surface area contributed by atoms with Crippen LogP contribution in [0.1, 0.15) is 35.7 Å². The number of amides is 3. The minimum absolute atomic E-state index is 0.0282. The first-order chi connectivity index (χ1) is 15.2. The Kier molecular flexibility index (Phi) is 7.40. The van der Waals surface area contributed by atoms with Crippen LogP contribution in [0.3, 0.4) is 0 Å². The lowest BCUT2D eigenvalue weighted by Crippen LogP contribution is -2.44. The molecule has 9 heteroatoms. The summed E-state index contributed by atoms with van der Waals surface area (Å²) in [7, 11) is 0. The van der Waals surface area contributed by atoms with E-state index in [2.05, 4.69) is 15.4 Å². The average molecular weight is 445 g/mol. The van der Waals surface area contributed by atoms with Crippen molar-refractivity contribution < 1.29 is 27.9 Å². The van der Waals surface area contributed by atoms with Crippen molar-refractivity contribution in [2.45, 2.75) is 33.3 Å². The van der Waals surface area contributed by atoms with Crippen molar-refractivity contribution >= 4 is 29.1 Å². The zero-order chi connectivity index (χ0) is 23.3. The van der Waals surface area contributed by atoms with Crippen LogP contribution < -0.4 is 15.4 Å². The molecule has 3 rings (SSSR count). The summed E-state index contributed by atoms with van der Waals surface area (Å²) in [5.74, 6) is -1.69. The Morgan fingerprint density at radius 2 is 1.84 bits per heavy atom. The first-order valence-corrected chi connectivity index (χ1v) is 10.3. The minimum Gasteiger partial charge on any atom is -0.434 e. The van der Waals surface area contributed by atoms with Gasteiger partial charge in [0.2, 0.25) is 11.8 Å². The fraction of sp³-hybridized carbons (Fsp3) is 0.348. The molecule has 1 aliphatic heterocycles. The summed E-state index contributed by atoms with van der Waals surface area (Å²) < 4.78 is 29.9. The number of nitrogens with zero attached hydrogens (tertiary/aromatic N) is 1. The van der Waals surface area contributed by atoms with Gasteiger partial charge < -0.3 is 20.3 Å². The second-order valence-corrected chi connectivity index (χ2v) is 7.68. The molecule has 2 aromatic carbocycles. The van der Waals surface area contributed by atoms with Crippen molar-refractivity contribution in [3.63, 3.8) is 0 Å². The number of carbonyl (C=O) groups is 3. The third-order valence-electron chi connectivity index (χ3n) is 5.16. The average Bonchev–Trinajstić information content (AvgIpc) is 2.75. The van der Waals surface area contributed by atoms with Crippen LogP contribution in [0.25, 0.3) is 0 Å². The summed E-state index contributed by atoms with van der Waals surface area (Å²) in [5.41, 5.74) is 1.90. The number of halogens is 2. The van der Waals surface area contributed by atoms with E-state index < -0.39 is 18.4 Å². The third kappa shape index (κ3) is 5.81. The van der Waals surface area contributed by atoms with E-state index in [-0.39, 0.29) is 29.7 Å². The van der Waals surface area contributed by atoms with Crippen LogP contribution >= 0.6 is 0 Å². The van der Waals surface area contributed by atoms with Gasteiger partial charge in [-0.3, -0.25) is 14.4 Å². The number of likely N-dealkylation sites (tertiary alicyclic amines) is 1. The van der Waals surface area contributed by atoms with Gasteiger partial charge in [-0.05, 0) is 49.6 Å². The number of piperidine rings is 1. The van der Waals surface area contributed by atoms with Crippen LogP contribution in [0.2, 0.25) is 0 Å². The van der Waals surface area contributed by atoms with Crippen molar-refractivity contribution in [1.29, 1.82) is 0 Å². The fourth-order valence-corrected chi connectivity index (χ4v) is 3.68. The van der Waals surface area contributed by atoms with Gasteiger partial charge >= 0.3 is 6.61 Å². The van der Waals surface area contributed by atoms with Crippen molar-refractivity contribution in [1.82, 2.24) is 4.90 Å². The Bertz CT molecular complexity index is 1010. The van der Waals surface area contributed by atoms with Gasteiger partial charge in [0.25, 0.3) is 5.91 Å². The lowest BCUT2D eigenvalue weighted by atomic mass is 9.96. The molecular weight excluding hydrogens is 420 g/mol. The molecule has 0 saturated carbocycles. The smallest absolute Gasteiger partial charge is 0.387 e. The minimum atomic E-state index is -3.05. The number of para-hydroxylation sites is 1. The molecule has 1 unspecified atom stereocenters. The van der Waals surface area contributed by atoms with Gasteiger partial charge in [-0.2, -0.15) is 8.78 Å². The number of nitrogens with one attached hydrogen (secondary N) is 2. The highest BCUT2D eigenvalue weighted by atomic mass is 19.3. The summed E-state index contributed by atoms with van der Waals surface area (Å²) in [6.07, 6.45) is 1.17. The van der Waals surface area contributed by atoms with E-state index in [0.717, 1.165) is 5.56 Å². The van der Waals surface area contributed by atoms with E-state index in [4.69, 9.17) is 0 Å². The number of hydrogen-bond acceptors (Lipinski definition) is 4. The molecule has 2 aromatic rings. The van der Waals surface area contributed by atoms with E-state index in [0.29, 0.717) is 30.8 Å². The topological polar surface area (TPSA) is 87.7 Å². The maximum atomic E-state index is 13.0. The number of carbonyl (C=O) groups excluding carboxylic acids is 3. The lowest BCUT2D eigenvalue weighted by Gasteiger charge is -2.32. The van der Waals surface area contributed by atoms with Gasteiger partial charge in [0.05, 0.1) is 22.9 Å². The molecule has 1 aliphatic rings. The van der Waals surface area contributed by atoms with E-state index >= 15 is 0 Å². The molecule has 1 atom stereocenters. The monoisotopic (exact) mass is 445 g/mol. The van der Waals surface area contributed by atoms with Gasteiger partial charge in [-0.25, -0.2) is 0 Å². The van der Waals surface area contributed by atoms with E-state index in [1.165, 1.54) is 30.0 Å². The van der Waals surface area contributed by atoms with Crippen LogP contribution in [-0.2, 0) is 9.59 Å². The Morgan fingerprint density at radius 1 is 1.09 bits per heavy atom. The summed E-state index contributed by atoms with van der Waals surface area (Å²) in [6.45, 7) is 0.761. The molecular formula is C23H25F2N3O4. The number of ether oxygens (including phenoxy) is 1. The van der Waals surface area contributed by atoms with Gasteiger partial charge in [0, 0.05) is 20.0 Å². The van der Waals surface area contributed by atoms with Crippen LogP contribution in [-0.4, -0.2) is 42.3 Å². The molecule has 0 radical (unpaired) electrons. The molecule has 1 saturated heterocycles. The molecule has 0 aliphatic carbocycles. The maximum absolute atomic E-state index is 13.0. The van der Waals surface area contributed by atoms with E-state index in [1.807, 2.05) is 13.0 Å². The molecule has 2 N–H and O–H groups in total. The normalized spacial score (nSPS) is 15.9. The zero-order valence-corrected chi connectivity index (χ0v) is 17.9. The van der Waals surface area contributed by atoms with E-state index in [1.54, 1.807) is 18.2 Å². The molecule has 0 aromatic heterocycles. The summed E-state index contributed by atoms with van der Waals surface area (Å²) in [6, 6.07) is 11.1. The predicted molar refractivity (Wildman–Crippen MR) is 116 cm³/mol. The first-order valence-electron chi connectivity index (χ1n) is 10.3. The molecule has 1 fully saturated rings. The van der Waals surface area contributed by atoms with Gasteiger partial charge in [-0.1, -0.05) is 18.2 Å². The highest BCUT2D eigenvalue weighted by Crippen LogP contribution is 2.27.